The van der Waals surface area contributed by atoms with Crippen LogP contribution < -0.4 is 5.56 Å². The van der Waals surface area contributed by atoms with E-state index in [1.165, 1.54) is 42.1 Å². The molecule has 0 radical (unpaired) electrons. The summed E-state index contributed by atoms with van der Waals surface area (Å²) in [7, 11) is 0. The number of aromatic nitrogens is 2. The fourth-order valence-corrected chi connectivity index (χ4v) is 4.03. The normalized spacial score (nSPS) is 11.3. The molecule has 4 aromatic rings. The van der Waals surface area contributed by atoms with E-state index >= 15 is 0 Å². The van der Waals surface area contributed by atoms with Gasteiger partial charge in [0.05, 0.1) is 16.5 Å². The predicted molar refractivity (Wildman–Crippen MR) is 112 cm³/mol. The van der Waals surface area contributed by atoms with E-state index in [4.69, 9.17) is 0 Å². The quantitative estimate of drug-likeness (QED) is 0.314. The monoisotopic (exact) mass is 406 g/mol. The summed E-state index contributed by atoms with van der Waals surface area (Å²) >= 11 is 1.44. The van der Waals surface area contributed by atoms with Crippen LogP contribution in [0.1, 0.15) is 10.4 Å². The first kappa shape index (κ1) is 18.5. The van der Waals surface area contributed by atoms with Crippen LogP contribution in [-0.4, -0.2) is 25.9 Å². The van der Waals surface area contributed by atoms with E-state index < -0.39 is 16.4 Å². The maximum absolute atomic E-state index is 13.1. The minimum atomic E-state index is -0.688. The zero-order valence-corrected chi connectivity index (χ0v) is 16.0. The van der Waals surface area contributed by atoms with Gasteiger partial charge in [-0.15, -0.1) is 11.3 Å². The highest BCUT2D eigenvalue weighted by atomic mass is 32.1. The van der Waals surface area contributed by atoms with Crippen molar-refractivity contribution >= 4 is 33.5 Å². The van der Waals surface area contributed by atoms with Gasteiger partial charge in [0, 0.05) is 22.1 Å². The highest BCUT2D eigenvalue weighted by Gasteiger charge is 2.17. The summed E-state index contributed by atoms with van der Waals surface area (Å²) in [6.45, 7) is 1.94. The van der Waals surface area contributed by atoms with Crippen molar-refractivity contribution in [1.29, 1.82) is 0 Å². The molecule has 4 rings (SSSR count). The molecule has 0 aliphatic rings. The molecule has 144 valence electrons. The summed E-state index contributed by atoms with van der Waals surface area (Å²) < 4.78 is 1.10. The SMILES string of the molecule is Cc1sc2ncn(/N=C\c3ccc(O)c([N+](=O)[O-])c3)c(=O)c2c1-c1ccccc1. The van der Waals surface area contributed by atoms with Crippen LogP contribution in [-0.2, 0) is 0 Å². The van der Waals surface area contributed by atoms with E-state index in [2.05, 4.69) is 10.1 Å². The number of aromatic hydroxyl groups is 1. The number of aryl methyl sites for hydroxylation is 1. The number of benzene rings is 2. The molecular weight excluding hydrogens is 392 g/mol. The lowest BCUT2D eigenvalue weighted by atomic mass is 10.0. The van der Waals surface area contributed by atoms with E-state index in [-0.39, 0.29) is 5.56 Å². The average molecular weight is 406 g/mol. The van der Waals surface area contributed by atoms with Gasteiger partial charge in [-0.05, 0) is 24.6 Å². The first-order valence-electron chi connectivity index (χ1n) is 8.53. The third kappa shape index (κ3) is 3.39. The van der Waals surface area contributed by atoms with Gasteiger partial charge in [0.15, 0.2) is 5.75 Å². The molecule has 8 nitrogen and oxygen atoms in total. The highest BCUT2D eigenvalue weighted by molar-refractivity contribution is 7.19. The summed E-state index contributed by atoms with van der Waals surface area (Å²) in [5.41, 5.74) is 1.35. The number of hydrogen-bond donors (Lipinski definition) is 1. The average Bonchev–Trinajstić information content (AvgIpc) is 3.05. The maximum Gasteiger partial charge on any atom is 0.311 e. The molecule has 0 saturated heterocycles. The number of fused-ring (bicyclic) bond motifs is 1. The van der Waals surface area contributed by atoms with E-state index in [0.29, 0.717) is 15.8 Å². The summed E-state index contributed by atoms with van der Waals surface area (Å²) in [6, 6.07) is 13.4. The second kappa shape index (κ2) is 7.28. The van der Waals surface area contributed by atoms with Gasteiger partial charge in [-0.25, -0.2) is 4.98 Å². The minimum absolute atomic E-state index is 0.331. The van der Waals surface area contributed by atoms with Crippen LogP contribution in [0.25, 0.3) is 21.3 Å². The van der Waals surface area contributed by atoms with Crippen molar-refractivity contribution in [3.63, 3.8) is 0 Å². The van der Waals surface area contributed by atoms with Crippen LogP contribution in [0.3, 0.4) is 0 Å². The number of nitro groups is 1. The van der Waals surface area contributed by atoms with E-state index in [0.717, 1.165) is 20.7 Å². The summed E-state index contributed by atoms with van der Waals surface area (Å²) in [5.74, 6) is -0.436. The lowest BCUT2D eigenvalue weighted by molar-refractivity contribution is -0.385. The minimum Gasteiger partial charge on any atom is -0.502 e. The van der Waals surface area contributed by atoms with Crippen LogP contribution in [0.15, 0.2) is 64.8 Å². The van der Waals surface area contributed by atoms with Crippen LogP contribution >= 0.6 is 11.3 Å². The molecule has 2 aromatic carbocycles. The van der Waals surface area contributed by atoms with Gasteiger partial charge in [-0.3, -0.25) is 14.9 Å². The van der Waals surface area contributed by atoms with Crippen LogP contribution in [0.4, 0.5) is 5.69 Å². The van der Waals surface area contributed by atoms with Gasteiger partial charge in [0.1, 0.15) is 11.2 Å². The number of nitrogens with zero attached hydrogens (tertiary/aromatic N) is 4. The molecule has 0 atom stereocenters. The van der Waals surface area contributed by atoms with Crippen LogP contribution in [0.5, 0.6) is 5.75 Å². The van der Waals surface area contributed by atoms with Gasteiger partial charge < -0.3 is 5.11 Å². The molecule has 2 aromatic heterocycles. The molecule has 0 amide bonds. The zero-order chi connectivity index (χ0) is 20.5. The van der Waals surface area contributed by atoms with E-state index in [1.54, 1.807) is 0 Å². The molecular formula is C20H14N4O4S. The second-order valence-electron chi connectivity index (χ2n) is 6.22. The standard InChI is InChI=1S/C20H14N4O4S/c1-12-17(14-5-3-2-4-6-14)18-19(29-12)21-11-23(20(18)26)22-10-13-7-8-16(25)15(9-13)24(27)28/h2-11,25H,1H3/b22-10-. The number of rotatable bonds is 4. The van der Waals surface area contributed by atoms with Gasteiger partial charge in [-0.2, -0.15) is 9.78 Å². The van der Waals surface area contributed by atoms with Crippen LogP contribution in [0, 0.1) is 17.0 Å². The molecule has 0 spiro atoms. The Morgan fingerprint density at radius 2 is 2.00 bits per heavy atom. The lowest BCUT2D eigenvalue weighted by Crippen LogP contribution is -2.16. The molecule has 0 unspecified atom stereocenters. The molecule has 0 aliphatic heterocycles. The molecule has 9 heteroatoms. The number of hydrogen-bond acceptors (Lipinski definition) is 7. The Hall–Kier alpha value is -3.85. The second-order valence-corrected chi connectivity index (χ2v) is 7.43. The Morgan fingerprint density at radius 1 is 1.24 bits per heavy atom. The Balaban J connectivity index is 1.81. The first-order valence-corrected chi connectivity index (χ1v) is 9.35. The van der Waals surface area contributed by atoms with Gasteiger partial charge in [0.25, 0.3) is 5.56 Å². The third-order valence-corrected chi connectivity index (χ3v) is 5.38. The van der Waals surface area contributed by atoms with Gasteiger partial charge in [-0.1, -0.05) is 30.3 Å². The number of phenolic OH excluding ortho intramolecular Hbond substituents is 1. The Bertz CT molecular complexity index is 1330. The Labute approximate surface area is 168 Å². The number of nitro benzene ring substituents is 1. The van der Waals surface area contributed by atoms with Crippen molar-refractivity contribution in [3.05, 3.63) is 85.8 Å². The van der Waals surface area contributed by atoms with Crippen molar-refractivity contribution in [2.45, 2.75) is 6.92 Å². The molecule has 1 N–H and O–H groups in total. The summed E-state index contributed by atoms with van der Waals surface area (Å²) in [4.78, 5) is 29.3. The molecule has 0 saturated carbocycles. The Kier molecular flexibility index (Phi) is 4.65. The topological polar surface area (TPSA) is 111 Å². The summed E-state index contributed by atoms with van der Waals surface area (Å²) in [6.07, 6.45) is 2.63. The number of phenols is 1. The summed E-state index contributed by atoms with van der Waals surface area (Å²) in [5, 5.41) is 25.1. The van der Waals surface area contributed by atoms with Crippen molar-refractivity contribution < 1.29 is 10.0 Å². The van der Waals surface area contributed by atoms with E-state index in [1.807, 2.05) is 37.3 Å². The highest BCUT2D eigenvalue weighted by Crippen LogP contribution is 2.35. The van der Waals surface area contributed by atoms with Crippen molar-refractivity contribution in [1.82, 2.24) is 9.66 Å². The van der Waals surface area contributed by atoms with Crippen molar-refractivity contribution in [3.8, 4) is 16.9 Å². The van der Waals surface area contributed by atoms with Crippen LogP contribution in [0.2, 0.25) is 0 Å². The largest absolute Gasteiger partial charge is 0.502 e. The fourth-order valence-electron chi connectivity index (χ4n) is 3.02. The third-order valence-electron chi connectivity index (χ3n) is 4.36. The predicted octanol–water partition coefficient (Wildman–Crippen LogP) is 3.93. The maximum atomic E-state index is 13.1. The molecule has 2 heterocycles. The lowest BCUT2D eigenvalue weighted by Gasteiger charge is -2.03. The van der Waals surface area contributed by atoms with Crippen molar-refractivity contribution in [2.24, 2.45) is 5.10 Å². The number of thiophene rings is 1. The smallest absolute Gasteiger partial charge is 0.311 e. The van der Waals surface area contributed by atoms with Gasteiger partial charge >= 0.3 is 5.69 Å². The molecule has 0 fully saturated rings. The Morgan fingerprint density at radius 3 is 2.72 bits per heavy atom. The molecule has 29 heavy (non-hydrogen) atoms. The van der Waals surface area contributed by atoms with Crippen molar-refractivity contribution in [2.75, 3.05) is 0 Å². The zero-order valence-electron chi connectivity index (χ0n) is 15.1. The fraction of sp³-hybridized carbons (Fsp3) is 0.0500. The molecule has 0 bridgehead atoms. The van der Waals surface area contributed by atoms with Gasteiger partial charge in [0.2, 0.25) is 0 Å². The molecule has 0 aliphatic carbocycles. The first-order chi connectivity index (χ1) is 14.0. The van der Waals surface area contributed by atoms with E-state index in [9.17, 15) is 20.0 Å².